The van der Waals surface area contributed by atoms with E-state index in [0.29, 0.717) is 35.5 Å². The number of carboxylic acids is 1. The third kappa shape index (κ3) is 4.03. The molecule has 0 bridgehead atoms. The molecule has 0 aliphatic heterocycles. The van der Waals surface area contributed by atoms with Crippen LogP contribution in [0.25, 0.3) is 0 Å². The summed E-state index contributed by atoms with van der Waals surface area (Å²) >= 11 is 0. The summed E-state index contributed by atoms with van der Waals surface area (Å²) in [6.45, 7) is 2.38. The van der Waals surface area contributed by atoms with Crippen LogP contribution >= 0.6 is 0 Å². The smallest absolute Gasteiger partial charge is 0.382 e. The molecule has 1 aromatic carbocycles. The summed E-state index contributed by atoms with van der Waals surface area (Å²) in [5.41, 5.74) is 0.660. The molecule has 0 saturated heterocycles. The number of ether oxygens (including phenoxy) is 2. The molecule has 1 aromatic rings. The minimum Gasteiger partial charge on any atom is -0.493 e. The zero-order valence-electron chi connectivity index (χ0n) is 10.7. The molecule has 0 amide bonds. The van der Waals surface area contributed by atoms with Crippen molar-refractivity contribution in [3.8, 4) is 23.3 Å². The fraction of sp³-hybridized carbons (Fsp3) is 0.286. The largest absolute Gasteiger partial charge is 0.493 e. The van der Waals surface area contributed by atoms with Crippen LogP contribution in [0.5, 0.6) is 11.5 Å². The van der Waals surface area contributed by atoms with E-state index in [9.17, 15) is 9.59 Å². The summed E-state index contributed by atoms with van der Waals surface area (Å²) < 4.78 is 10.6. The Morgan fingerprint density at radius 2 is 2.21 bits per heavy atom. The number of carbonyl (C=O) groups excluding carboxylic acids is 1. The van der Waals surface area contributed by atoms with Gasteiger partial charge in [-0.1, -0.05) is 12.8 Å². The zero-order chi connectivity index (χ0) is 14.3. The van der Waals surface area contributed by atoms with E-state index >= 15 is 0 Å². The molecule has 0 aromatic heterocycles. The SMILES string of the molecule is CCCOc1c(C#CC(=O)O)cc(C=O)cc1OC. The molecule has 0 spiro atoms. The lowest BCUT2D eigenvalue weighted by Crippen LogP contribution is -2.01. The van der Waals surface area contributed by atoms with Crippen LogP contribution in [-0.2, 0) is 4.79 Å². The standard InChI is InChI=1S/C14H14O5/c1-3-6-19-14-11(4-5-13(16)17)7-10(9-15)8-12(14)18-2/h7-9H,3,6H2,1-2H3,(H,16,17). The summed E-state index contributed by atoms with van der Waals surface area (Å²) in [7, 11) is 1.44. The monoisotopic (exact) mass is 262 g/mol. The van der Waals surface area contributed by atoms with Gasteiger partial charge in [0.1, 0.15) is 6.29 Å². The summed E-state index contributed by atoms with van der Waals surface area (Å²) in [6.07, 6.45) is 1.42. The highest BCUT2D eigenvalue weighted by atomic mass is 16.5. The number of aliphatic carboxylic acids is 1. The molecule has 1 N–H and O–H groups in total. The van der Waals surface area contributed by atoms with E-state index in [4.69, 9.17) is 14.6 Å². The van der Waals surface area contributed by atoms with E-state index in [1.807, 2.05) is 12.8 Å². The molecule has 5 heteroatoms. The molecule has 1 rings (SSSR count). The van der Waals surface area contributed by atoms with Gasteiger partial charge < -0.3 is 14.6 Å². The first-order valence-electron chi connectivity index (χ1n) is 5.67. The van der Waals surface area contributed by atoms with Gasteiger partial charge in [-0.25, -0.2) is 4.79 Å². The highest BCUT2D eigenvalue weighted by molar-refractivity contribution is 5.88. The second-order valence-corrected chi connectivity index (χ2v) is 3.62. The van der Waals surface area contributed by atoms with Gasteiger partial charge >= 0.3 is 5.97 Å². The molecular weight excluding hydrogens is 248 g/mol. The van der Waals surface area contributed by atoms with Crippen molar-refractivity contribution in [3.63, 3.8) is 0 Å². The Labute approximate surface area is 111 Å². The van der Waals surface area contributed by atoms with Gasteiger partial charge in [-0.3, -0.25) is 4.79 Å². The number of aldehydes is 1. The van der Waals surface area contributed by atoms with Gasteiger partial charge in [-0.2, -0.15) is 0 Å². The van der Waals surface area contributed by atoms with Crippen LogP contribution < -0.4 is 9.47 Å². The molecule has 0 saturated carbocycles. The van der Waals surface area contributed by atoms with Crippen LogP contribution in [0.3, 0.4) is 0 Å². The average Bonchev–Trinajstić information content (AvgIpc) is 2.42. The zero-order valence-corrected chi connectivity index (χ0v) is 10.7. The second kappa shape index (κ2) is 7.07. The van der Waals surface area contributed by atoms with Gasteiger partial charge in [0.15, 0.2) is 11.5 Å². The third-order valence-electron chi connectivity index (χ3n) is 2.19. The van der Waals surface area contributed by atoms with Crippen LogP contribution in [0.2, 0.25) is 0 Å². The van der Waals surface area contributed by atoms with Gasteiger partial charge in [-0.15, -0.1) is 0 Å². The fourth-order valence-corrected chi connectivity index (χ4v) is 1.41. The molecular formula is C14H14O5. The number of carbonyl (C=O) groups is 2. The number of carboxylic acid groups (broad SMARTS) is 1. The number of hydrogen-bond acceptors (Lipinski definition) is 4. The van der Waals surface area contributed by atoms with Crippen molar-refractivity contribution in [2.24, 2.45) is 0 Å². The molecule has 0 heterocycles. The first kappa shape index (κ1) is 14.6. The van der Waals surface area contributed by atoms with Crippen LogP contribution in [-0.4, -0.2) is 31.1 Å². The molecule has 0 unspecified atom stereocenters. The van der Waals surface area contributed by atoms with Crippen molar-refractivity contribution in [1.82, 2.24) is 0 Å². The molecule has 19 heavy (non-hydrogen) atoms. The molecule has 0 aliphatic carbocycles. The van der Waals surface area contributed by atoms with Crippen LogP contribution in [0, 0.1) is 11.8 Å². The molecule has 0 atom stereocenters. The highest BCUT2D eigenvalue weighted by Crippen LogP contribution is 2.32. The van der Waals surface area contributed by atoms with E-state index < -0.39 is 5.97 Å². The minimum atomic E-state index is -1.25. The van der Waals surface area contributed by atoms with E-state index in [-0.39, 0.29) is 0 Å². The number of methoxy groups -OCH3 is 1. The van der Waals surface area contributed by atoms with Crippen molar-refractivity contribution < 1.29 is 24.2 Å². The Balaban J connectivity index is 3.33. The maximum absolute atomic E-state index is 10.8. The average molecular weight is 262 g/mol. The maximum Gasteiger partial charge on any atom is 0.382 e. The second-order valence-electron chi connectivity index (χ2n) is 3.62. The van der Waals surface area contributed by atoms with E-state index in [2.05, 4.69) is 5.92 Å². The van der Waals surface area contributed by atoms with Gasteiger partial charge in [0.2, 0.25) is 0 Å². The van der Waals surface area contributed by atoms with Crippen molar-refractivity contribution >= 4 is 12.3 Å². The minimum absolute atomic E-state index is 0.317. The maximum atomic E-state index is 10.8. The number of hydrogen-bond donors (Lipinski definition) is 1. The molecule has 100 valence electrons. The molecule has 0 fully saturated rings. The van der Waals surface area contributed by atoms with Crippen LogP contribution in [0.15, 0.2) is 12.1 Å². The van der Waals surface area contributed by atoms with E-state index in [0.717, 1.165) is 6.42 Å². The van der Waals surface area contributed by atoms with E-state index in [1.165, 1.54) is 19.2 Å². The van der Waals surface area contributed by atoms with Gasteiger partial charge in [0.05, 0.1) is 19.3 Å². The first-order valence-corrected chi connectivity index (χ1v) is 5.67. The Morgan fingerprint density at radius 1 is 1.47 bits per heavy atom. The van der Waals surface area contributed by atoms with Gasteiger partial charge in [-0.05, 0) is 18.6 Å². The van der Waals surface area contributed by atoms with Crippen molar-refractivity contribution in [3.05, 3.63) is 23.3 Å². The lowest BCUT2D eigenvalue weighted by atomic mass is 10.1. The van der Waals surface area contributed by atoms with E-state index in [1.54, 1.807) is 0 Å². The van der Waals surface area contributed by atoms with Crippen LogP contribution in [0.4, 0.5) is 0 Å². The summed E-state index contributed by atoms with van der Waals surface area (Å²) in [4.78, 5) is 21.3. The Kier molecular flexibility index (Phi) is 5.42. The Morgan fingerprint density at radius 3 is 2.74 bits per heavy atom. The topological polar surface area (TPSA) is 72.8 Å². The third-order valence-corrected chi connectivity index (χ3v) is 2.19. The summed E-state index contributed by atoms with van der Waals surface area (Å²) in [5, 5.41) is 8.58. The summed E-state index contributed by atoms with van der Waals surface area (Å²) in [5.74, 6) is 3.91. The molecule has 0 radical (unpaired) electrons. The van der Waals surface area contributed by atoms with Crippen molar-refractivity contribution in [2.75, 3.05) is 13.7 Å². The Bertz CT molecular complexity index is 537. The quantitative estimate of drug-likeness (QED) is 0.646. The van der Waals surface area contributed by atoms with Crippen LogP contribution in [0.1, 0.15) is 29.3 Å². The predicted molar refractivity (Wildman–Crippen MR) is 68.7 cm³/mol. The molecule has 5 nitrogen and oxygen atoms in total. The first-order chi connectivity index (χ1) is 9.12. The normalized spacial score (nSPS) is 9.16. The lowest BCUT2D eigenvalue weighted by Gasteiger charge is -2.12. The predicted octanol–water partition coefficient (Wildman–Crippen LogP) is 1.73. The summed E-state index contributed by atoms with van der Waals surface area (Å²) in [6, 6.07) is 2.99. The number of rotatable bonds is 5. The highest BCUT2D eigenvalue weighted by Gasteiger charge is 2.12. The van der Waals surface area contributed by atoms with Crippen molar-refractivity contribution in [1.29, 1.82) is 0 Å². The molecule has 0 aliphatic rings. The fourth-order valence-electron chi connectivity index (χ4n) is 1.41. The number of benzene rings is 1. The van der Waals surface area contributed by atoms with Crippen molar-refractivity contribution in [2.45, 2.75) is 13.3 Å². The Hall–Kier alpha value is -2.48. The van der Waals surface area contributed by atoms with Gasteiger partial charge in [0.25, 0.3) is 0 Å². The lowest BCUT2D eigenvalue weighted by molar-refractivity contribution is -0.130. The van der Waals surface area contributed by atoms with Gasteiger partial charge in [0, 0.05) is 11.5 Å².